The molecule has 1 aliphatic heterocycles. The van der Waals surface area contributed by atoms with Crippen molar-refractivity contribution >= 4 is 11.6 Å². The van der Waals surface area contributed by atoms with Gasteiger partial charge in [0.15, 0.2) is 0 Å². The highest BCUT2D eigenvalue weighted by Gasteiger charge is 2.12. The number of hydrogen-bond donors (Lipinski definition) is 2. The zero-order chi connectivity index (χ0) is 13.7. The zero-order valence-corrected chi connectivity index (χ0v) is 11.3. The molecule has 1 heterocycles. The van der Waals surface area contributed by atoms with E-state index in [1.807, 2.05) is 0 Å². The van der Waals surface area contributed by atoms with Crippen molar-refractivity contribution in [3.63, 3.8) is 0 Å². The van der Waals surface area contributed by atoms with Crippen LogP contribution in [0.1, 0.15) is 23.2 Å². The molecule has 0 unspecified atom stereocenters. The third-order valence-corrected chi connectivity index (χ3v) is 3.34. The Morgan fingerprint density at radius 3 is 2.79 bits per heavy atom. The number of anilines is 1. The molecule has 19 heavy (non-hydrogen) atoms. The Labute approximate surface area is 113 Å². The van der Waals surface area contributed by atoms with Crippen molar-refractivity contribution < 1.29 is 9.53 Å². The van der Waals surface area contributed by atoms with Gasteiger partial charge in [0.2, 0.25) is 0 Å². The van der Waals surface area contributed by atoms with Gasteiger partial charge in [-0.25, -0.2) is 0 Å². The molecule has 0 atom stereocenters. The van der Waals surface area contributed by atoms with Crippen molar-refractivity contribution in [1.82, 2.24) is 10.2 Å². The number of nitrogens with zero attached hydrogens (tertiary/aromatic N) is 1. The molecule has 0 radical (unpaired) electrons. The van der Waals surface area contributed by atoms with E-state index >= 15 is 0 Å². The first-order valence-corrected chi connectivity index (χ1v) is 6.64. The summed E-state index contributed by atoms with van der Waals surface area (Å²) in [4.78, 5) is 14.4. The first-order valence-electron chi connectivity index (χ1n) is 6.64. The highest BCUT2D eigenvalue weighted by atomic mass is 16.5. The molecule has 5 heteroatoms. The minimum atomic E-state index is -0.107. The van der Waals surface area contributed by atoms with E-state index < -0.39 is 0 Å². The lowest BCUT2D eigenvalue weighted by atomic mass is 10.1. The molecule has 1 aromatic carbocycles. The van der Waals surface area contributed by atoms with E-state index in [1.165, 1.54) is 12.8 Å². The lowest BCUT2D eigenvalue weighted by molar-refractivity contribution is 0.0949. The maximum absolute atomic E-state index is 12.0. The molecule has 104 valence electrons. The van der Waals surface area contributed by atoms with Crippen LogP contribution in [0.2, 0.25) is 0 Å². The summed E-state index contributed by atoms with van der Waals surface area (Å²) in [7, 11) is 1.56. The predicted molar refractivity (Wildman–Crippen MR) is 75.4 cm³/mol. The molecular weight excluding hydrogens is 242 g/mol. The number of nitrogens with two attached hydrogens (primary N) is 1. The van der Waals surface area contributed by atoms with Crippen molar-refractivity contribution in [1.29, 1.82) is 0 Å². The van der Waals surface area contributed by atoms with E-state index in [0.717, 1.165) is 19.6 Å². The Morgan fingerprint density at radius 2 is 2.11 bits per heavy atom. The fraction of sp³-hybridized carbons (Fsp3) is 0.500. The average Bonchev–Trinajstić information content (AvgIpc) is 2.91. The van der Waals surface area contributed by atoms with E-state index in [0.29, 0.717) is 23.5 Å². The number of ether oxygens (including phenoxy) is 1. The summed E-state index contributed by atoms with van der Waals surface area (Å²) < 4.78 is 5.10. The number of rotatable bonds is 5. The lowest BCUT2D eigenvalue weighted by Gasteiger charge is -2.15. The topological polar surface area (TPSA) is 67.6 Å². The van der Waals surface area contributed by atoms with Crippen LogP contribution in [0.15, 0.2) is 18.2 Å². The van der Waals surface area contributed by atoms with Crippen LogP contribution in [-0.4, -0.2) is 44.1 Å². The maximum Gasteiger partial charge on any atom is 0.251 e. The largest absolute Gasteiger partial charge is 0.497 e. The Bertz CT molecular complexity index is 442. The van der Waals surface area contributed by atoms with Gasteiger partial charge in [-0.1, -0.05) is 0 Å². The van der Waals surface area contributed by atoms with Gasteiger partial charge in [0.05, 0.1) is 7.11 Å². The molecule has 3 N–H and O–H groups in total. The Balaban J connectivity index is 1.86. The highest BCUT2D eigenvalue weighted by Crippen LogP contribution is 2.18. The second-order valence-electron chi connectivity index (χ2n) is 4.80. The van der Waals surface area contributed by atoms with E-state index in [1.54, 1.807) is 25.3 Å². The van der Waals surface area contributed by atoms with Crippen molar-refractivity contribution in [3.05, 3.63) is 23.8 Å². The Morgan fingerprint density at radius 1 is 1.37 bits per heavy atom. The Hall–Kier alpha value is -1.75. The molecule has 1 fully saturated rings. The number of nitrogens with one attached hydrogen (secondary N) is 1. The van der Waals surface area contributed by atoms with Crippen LogP contribution in [0.25, 0.3) is 0 Å². The number of methoxy groups -OCH3 is 1. The number of carbonyl (C=O) groups excluding carboxylic acids is 1. The second-order valence-corrected chi connectivity index (χ2v) is 4.80. The van der Waals surface area contributed by atoms with Gasteiger partial charge in [0.1, 0.15) is 5.75 Å². The molecule has 1 saturated heterocycles. The summed E-state index contributed by atoms with van der Waals surface area (Å²) in [6.45, 7) is 3.85. The number of nitrogen functional groups attached to an aromatic ring is 1. The number of likely N-dealkylation sites (tertiary alicyclic amines) is 1. The minimum Gasteiger partial charge on any atom is -0.497 e. The summed E-state index contributed by atoms with van der Waals surface area (Å²) in [5.41, 5.74) is 6.80. The fourth-order valence-electron chi connectivity index (χ4n) is 2.31. The normalized spacial score (nSPS) is 15.4. The molecule has 0 bridgehead atoms. The Kier molecular flexibility index (Phi) is 4.63. The predicted octanol–water partition coefficient (Wildman–Crippen LogP) is 1.10. The van der Waals surface area contributed by atoms with E-state index in [9.17, 15) is 4.79 Å². The van der Waals surface area contributed by atoms with E-state index in [4.69, 9.17) is 10.5 Å². The van der Waals surface area contributed by atoms with Crippen LogP contribution in [-0.2, 0) is 0 Å². The van der Waals surface area contributed by atoms with Crippen molar-refractivity contribution in [2.24, 2.45) is 0 Å². The smallest absolute Gasteiger partial charge is 0.251 e. The second kappa shape index (κ2) is 6.43. The van der Waals surface area contributed by atoms with Gasteiger partial charge in [0, 0.05) is 30.4 Å². The first-order chi connectivity index (χ1) is 9.19. The van der Waals surface area contributed by atoms with Gasteiger partial charge in [-0.2, -0.15) is 0 Å². The first kappa shape index (κ1) is 13.7. The molecule has 0 aromatic heterocycles. The monoisotopic (exact) mass is 263 g/mol. The summed E-state index contributed by atoms with van der Waals surface area (Å²) in [6, 6.07) is 5.05. The van der Waals surface area contributed by atoms with Crippen LogP contribution in [0.4, 0.5) is 5.69 Å². The van der Waals surface area contributed by atoms with Crippen LogP contribution < -0.4 is 15.8 Å². The molecule has 0 aliphatic carbocycles. The van der Waals surface area contributed by atoms with E-state index in [-0.39, 0.29) is 5.91 Å². The standard InChI is InChI=1S/C14H21N3O2/c1-19-13-9-11(8-12(15)10-13)14(18)16-4-7-17-5-2-3-6-17/h8-10H,2-7,15H2,1H3,(H,16,18). The third kappa shape index (κ3) is 3.86. The summed E-state index contributed by atoms with van der Waals surface area (Å²) >= 11 is 0. The summed E-state index contributed by atoms with van der Waals surface area (Å²) in [5, 5.41) is 2.91. The van der Waals surface area contributed by atoms with Gasteiger partial charge in [0.25, 0.3) is 5.91 Å². The van der Waals surface area contributed by atoms with Gasteiger partial charge >= 0.3 is 0 Å². The molecule has 0 spiro atoms. The van der Waals surface area contributed by atoms with Crippen LogP contribution >= 0.6 is 0 Å². The number of amides is 1. The molecule has 0 saturated carbocycles. The minimum absolute atomic E-state index is 0.107. The molecule has 2 rings (SSSR count). The maximum atomic E-state index is 12.0. The molecule has 1 aliphatic rings. The highest BCUT2D eigenvalue weighted by molar-refractivity contribution is 5.95. The van der Waals surface area contributed by atoms with Crippen LogP contribution in [0.5, 0.6) is 5.75 Å². The van der Waals surface area contributed by atoms with Gasteiger partial charge < -0.3 is 20.7 Å². The van der Waals surface area contributed by atoms with Crippen molar-refractivity contribution in [3.8, 4) is 5.75 Å². The average molecular weight is 263 g/mol. The van der Waals surface area contributed by atoms with Crippen molar-refractivity contribution in [2.75, 3.05) is 39.0 Å². The summed E-state index contributed by atoms with van der Waals surface area (Å²) in [5.74, 6) is 0.495. The van der Waals surface area contributed by atoms with Crippen LogP contribution in [0, 0.1) is 0 Å². The van der Waals surface area contributed by atoms with Crippen LogP contribution in [0.3, 0.4) is 0 Å². The fourth-order valence-corrected chi connectivity index (χ4v) is 2.31. The van der Waals surface area contributed by atoms with Gasteiger partial charge in [-0.05, 0) is 38.1 Å². The summed E-state index contributed by atoms with van der Waals surface area (Å²) in [6.07, 6.45) is 2.53. The number of benzene rings is 1. The molecule has 5 nitrogen and oxygen atoms in total. The third-order valence-electron chi connectivity index (χ3n) is 3.34. The van der Waals surface area contributed by atoms with Gasteiger partial charge in [-0.15, -0.1) is 0 Å². The SMILES string of the molecule is COc1cc(N)cc(C(=O)NCCN2CCCC2)c1. The van der Waals surface area contributed by atoms with Gasteiger partial charge in [-0.3, -0.25) is 4.79 Å². The molecule has 1 aromatic rings. The van der Waals surface area contributed by atoms with E-state index in [2.05, 4.69) is 10.2 Å². The lowest BCUT2D eigenvalue weighted by Crippen LogP contribution is -2.33. The molecule has 1 amide bonds. The quantitative estimate of drug-likeness (QED) is 0.781. The number of carbonyl (C=O) groups is 1. The number of hydrogen-bond acceptors (Lipinski definition) is 4. The zero-order valence-electron chi connectivity index (χ0n) is 11.3. The molecular formula is C14H21N3O2. The van der Waals surface area contributed by atoms with Crippen molar-refractivity contribution in [2.45, 2.75) is 12.8 Å².